The van der Waals surface area contributed by atoms with Crippen LogP contribution in [-0.4, -0.2) is 9.78 Å². The summed E-state index contributed by atoms with van der Waals surface area (Å²) in [6, 6.07) is 4.77. The van der Waals surface area contributed by atoms with Crippen LogP contribution in [0, 0.1) is 5.82 Å². The van der Waals surface area contributed by atoms with Gasteiger partial charge in [-0.25, -0.2) is 9.07 Å². The van der Waals surface area contributed by atoms with E-state index in [2.05, 4.69) is 5.10 Å². The first kappa shape index (κ1) is 12.6. The molecule has 0 aliphatic heterocycles. The van der Waals surface area contributed by atoms with Crippen molar-refractivity contribution in [2.75, 3.05) is 0 Å². The summed E-state index contributed by atoms with van der Waals surface area (Å²) in [6.07, 6.45) is 5.91. The Kier molecular flexibility index (Phi) is 3.29. The van der Waals surface area contributed by atoms with Crippen molar-refractivity contribution in [3.63, 3.8) is 0 Å². The minimum absolute atomic E-state index is 0.0309. The molecule has 0 amide bonds. The molecule has 1 unspecified atom stereocenters. The molecule has 1 aromatic heterocycles. The van der Waals surface area contributed by atoms with E-state index in [0.717, 1.165) is 36.9 Å². The highest BCUT2D eigenvalue weighted by Gasteiger charge is 2.20. The first-order valence-electron chi connectivity index (χ1n) is 6.44. The molecule has 1 heterocycles. The number of nitrogens with zero attached hydrogens (tertiary/aromatic N) is 2. The van der Waals surface area contributed by atoms with E-state index in [1.54, 1.807) is 23.0 Å². The zero-order chi connectivity index (χ0) is 13.4. The van der Waals surface area contributed by atoms with E-state index in [-0.39, 0.29) is 11.1 Å². The van der Waals surface area contributed by atoms with Crippen LogP contribution >= 0.6 is 11.6 Å². The Morgan fingerprint density at radius 3 is 3.00 bits per heavy atom. The van der Waals surface area contributed by atoms with Crippen LogP contribution in [0.4, 0.5) is 4.39 Å². The van der Waals surface area contributed by atoms with Gasteiger partial charge in [0.15, 0.2) is 0 Å². The quantitative estimate of drug-likeness (QED) is 0.813. The third-order valence-corrected chi connectivity index (χ3v) is 3.93. The molecule has 5 heteroatoms. The van der Waals surface area contributed by atoms with Crippen molar-refractivity contribution in [1.29, 1.82) is 0 Å². The van der Waals surface area contributed by atoms with Crippen LogP contribution in [0.3, 0.4) is 0 Å². The first-order chi connectivity index (χ1) is 9.16. The van der Waals surface area contributed by atoms with Crippen molar-refractivity contribution in [2.45, 2.75) is 31.7 Å². The van der Waals surface area contributed by atoms with Crippen molar-refractivity contribution in [3.05, 3.63) is 46.5 Å². The van der Waals surface area contributed by atoms with Crippen molar-refractivity contribution in [2.24, 2.45) is 5.73 Å². The maximum Gasteiger partial charge on any atom is 0.143 e. The van der Waals surface area contributed by atoms with Gasteiger partial charge in [-0.1, -0.05) is 18.0 Å². The zero-order valence-corrected chi connectivity index (χ0v) is 11.2. The van der Waals surface area contributed by atoms with E-state index in [1.807, 2.05) is 0 Å². The summed E-state index contributed by atoms with van der Waals surface area (Å²) in [6.45, 7) is 0. The van der Waals surface area contributed by atoms with Crippen LogP contribution in [0.2, 0.25) is 5.02 Å². The van der Waals surface area contributed by atoms with Gasteiger partial charge in [-0.15, -0.1) is 0 Å². The Labute approximate surface area is 116 Å². The number of fused-ring (bicyclic) bond motifs is 1. The second-order valence-corrected chi connectivity index (χ2v) is 5.32. The maximum atomic E-state index is 13.6. The standard InChI is InChI=1S/C14H15ClFN3/c15-11-6-5-9(7-12(11)16)19-14-4-2-1-3-13(17)10(14)8-18-19/h5-8,13H,1-4,17H2. The van der Waals surface area contributed by atoms with Crippen molar-refractivity contribution < 1.29 is 4.39 Å². The molecule has 0 fully saturated rings. The minimum Gasteiger partial charge on any atom is -0.324 e. The van der Waals surface area contributed by atoms with E-state index in [4.69, 9.17) is 17.3 Å². The van der Waals surface area contributed by atoms with Crippen LogP contribution in [-0.2, 0) is 6.42 Å². The molecule has 1 aliphatic rings. The Morgan fingerprint density at radius 1 is 1.37 bits per heavy atom. The molecule has 3 rings (SSSR count). The molecule has 0 spiro atoms. The molecule has 1 atom stereocenters. The summed E-state index contributed by atoms with van der Waals surface area (Å²) in [7, 11) is 0. The summed E-state index contributed by atoms with van der Waals surface area (Å²) < 4.78 is 15.3. The molecule has 2 N–H and O–H groups in total. The lowest BCUT2D eigenvalue weighted by Crippen LogP contribution is -2.10. The van der Waals surface area contributed by atoms with E-state index in [0.29, 0.717) is 5.69 Å². The highest BCUT2D eigenvalue weighted by atomic mass is 35.5. The molecule has 1 aliphatic carbocycles. The van der Waals surface area contributed by atoms with Gasteiger partial charge in [0.05, 0.1) is 16.9 Å². The number of benzene rings is 1. The SMILES string of the molecule is NC1CCCCc2c1cnn2-c1ccc(Cl)c(F)c1. The Morgan fingerprint density at radius 2 is 2.21 bits per heavy atom. The number of rotatable bonds is 1. The number of hydrogen-bond acceptors (Lipinski definition) is 2. The lowest BCUT2D eigenvalue weighted by atomic mass is 10.1. The van der Waals surface area contributed by atoms with Crippen LogP contribution < -0.4 is 5.73 Å². The van der Waals surface area contributed by atoms with E-state index in [1.165, 1.54) is 6.07 Å². The number of nitrogens with two attached hydrogens (primary N) is 1. The van der Waals surface area contributed by atoms with E-state index < -0.39 is 5.82 Å². The Balaban J connectivity index is 2.08. The number of aromatic nitrogens is 2. The van der Waals surface area contributed by atoms with Gasteiger partial charge in [-0.2, -0.15) is 5.10 Å². The predicted octanol–water partition coefficient (Wildman–Crippen LogP) is 3.39. The summed E-state index contributed by atoms with van der Waals surface area (Å²) in [4.78, 5) is 0. The van der Waals surface area contributed by atoms with Crippen molar-refractivity contribution >= 4 is 11.6 Å². The van der Waals surface area contributed by atoms with Gasteiger partial charge in [0.2, 0.25) is 0 Å². The van der Waals surface area contributed by atoms with Gasteiger partial charge in [0, 0.05) is 23.4 Å². The lowest BCUT2D eigenvalue weighted by molar-refractivity contribution is 0.610. The average Bonchev–Trinajstić information content (AvgIpc) is 2.73. The molecule has 0 saturated carbocycles. The smallest absolute Gasteiger partial charge is 0.143 e. The molecule has 1 aromatic carbocycles. The van der Waals surface area contributed by atoms with Crippen molar-refractivity contribution in [1.82, 2.24) is 9.78 Å². The fraction of sp³-hybridized carbons (Fsp3) is 0.357. The number of halogens is 2. The van der Waals surface area contributed by atoms with Gasteiger partial charge in [-0.3, -0.25) is 0 Å². The minimum atomic E-state index is -0.429. The second kappa shape index (κ2) is 4.94. The molecule has 2 aromatic rings. The fourth-order valence-corrected chi connectivity index (χ4v) is 2.72. The normalized spacial score (nSPS) is 19.0. The zero-order valence-electron chi connectivity index (χ0n) is 10.4. The highest BCUT2D eigenvalue weighted by Crippen LogP contribution is 2.29. The van der Waals surface area contributed by atoms with Gasteiger partial charge >= 0.3 is 0 Å². The van der Waals surface area contributed by atoms with Gasteiger partial charge < -0.3 is 5.73 Å². The maximum absolute atomic E-state index is 13.6. The summed E-state index contributed by atoms with van der Waals surface area (Å²) >= 11 is 5.71. The Hall–Kier alpha value is -1.39. The topological polar surface area (TPSA) is 43.8 Å². The van der Waals surface area contributed by atoms with Gasteiger partial charge in [0.25, 0.3) is 0 Å². The van der Waals surface area contributed by atoms with Gasteiger partial charge in [0.1, 0.15) is 5.82 Å². The molecule has 3 nitrogen and oxygen atoms in total. The molecular formula is C14H15ClFN3. The average molecular weight is 280 g/mol. The third-order valence-electron chi connectivity index (χ3n) is 3.63. The monoisotopic (exact) mass is 279 g/mol. The van der Waals surface area contributed by atoms with Crippen LogP contribution in [0.5, 0.6) is 0 Å². The van der Waals surface area contributed by atoms with Crippen LogP contribution in [0.1, 0.15) is 36.6 Å². The number of hydrogen-bond donors (Lipinski definition) is 1. The Bertz CT molecular complexity index is 609. The first-order valence-corrected chi connectivity index (χ1v) is 6.82. The van der Waals surface area contributed by atoms with Crippen LogP contribution in [0.15, 0.2) is 24.4 Å². The van der Waals surface area contributed by atoms with E-state index in [9.17, 15) is 4.39 Å². The van der Waals surface area contributed by atoms with Gasteiger partial charge in [-0.05, 0) is 31.4 Å². The molecular weight excluding hydrogens is 265 g/mol. The van der Waals surface area contributed by atoms with Crippen molar-refractivity contribution in [3.8, 4) is 5.69 Å². The predicted molar refractivity (Wildman–Crippen MR) is 73.0 cm³/mol. The lowest BCUT2D eigenvalue weighted by Gasteiger charge is -2.10. The van der Waals surface area contributed by atoms with E-state index >= 15 is 0 Å². The molecule has 100 valence electrons. The molecule has 0 saturated heterocycles. The molecule has 19 heavy (non-hydrogen) atoms. The fourth-order valence-electron chi connectivity index (χ4n) is 2.60. The molecule has 0 bridgehead atoms. The van der Waals surface area contributed by atoms with Crippen LogP contribution in [0.25, 0.3) is 5.69 Å². The molecule has 0 radical (unpaired) electrons. The summed E-state index contributed by atoms with van der Waals surface area (Å²) in [5.41, 5.74) is 9.00. The summed E-state index contributed by atoms with van der Waals surface area (Å²) in [5.74, 6) is -0.429. The second-order valence-electron chi connectivity index (χ2n) is 4.91. The summed E-state index contributed by atoms with van der Waals surface area (Å²) in [5, 5.41) is 4.48. The third kappa shape index (κ3) is 2.26. The highest BCUT2D eigenvalue weighted by molar-refractivity contribution is 6.30. The largest absolute Gasteiger partial charge is 0.324 e.